The van der Waals surface area contributed by atoms with Crippen molar-refractivity contribution in [2.45, 2.75) is 13.8 Å². The summed E-state index contributed by atoms with van der Waals surface area (Å²) in [5.74, 6) is 0. The highest BCUT2D eigenvalue weighted by Gasteiger charge is 2.05. The molecule has 5 heteroatoms. The van der Waals surface area contributed by atoms with Crippen LogP contribution in [0.25, 0.3) is 0 Å². The molecule has 0 aromatic carbocycles. The van der Waals surface area contributed by atoms with Gasteiger partial charge in [-0.1, -0.05) is 13.8 Å². The van der Waals surface area contributed by atoms with Gasteiger partial charge < -0.3 is 15.1 Å². The minimum absolute atomic E-state index is 0.312. The van der Waals surface area contributed by atoms with Crippen LogP contribution in [0.3, 0.4) is 0 Å². The van der Waals surface area contributed by atoms with Crippen LogP contribution >= 0.6 is 7.60 Å². The molecule has 0 heterocycles. The average Bonchev–Trinajstić information content (AvgIpc) is 1.90. The molecule has 0 atom stereocenters. The molecular formula is C6H17NO3P. The summed E-state index contributed by atoms with van der Waals surface area (Å²) in [5.41, 5.74) is 0. The molecule has 0 aliphatic heterocycles. The highest BCUT2D eigenvalue weighted by Crippen LogP contribution is 2.32. The van der Waals surface area contributed by atoms with E-state index in [1.54, 1.807) is 0 Å². The van der Waals surface area contributed by atoms with Gasteiger partial charge in [-0.15, -0.1) is 0 Å². The first-order valence-electron chi connectivity index (χ1n) is 3.52. The first-order chi connectivity index (χ1) is 4.97. The summed E-state index contributed by atoms with van der Waals surface area (Å²) < 4.78 is 9.63. The lowest BCUT2D eigenvalue weighted by Gasteiger charge is -1.92. The van der Waals surface area contributed by atoms with Gasteiger partial charge in [0.15, 0.2) is 0 Å². The topological polar surface area (TPSA) is 69.6 Å². The van der Waals surface area contributed by atoms with E-state index in [1.807, 2.05) is 0 Å². The van der Waals surface area contributed by atoms with Gasteiger partial charge in [-0.3, -0.25) is 4.57 Å². The number of rotatable bonds is 3. The summed E-state index contributed by atoms with van der Waals surface area (Å²) >= 11 is 0. The fraction of sp³-hybridized carbons (Fsp3) is 0.833. The summed E-state index contributed by atoms with van der Waals surface area (Å²) in [6.07, 6.45) is -0.312. The van der Waals surface area contributed by atoms with Crippen LogP contribution in [0.2, 0.25) is 0 Å². The molecule has 0 rings (SSSR count). The fourth-order valence-corrected chi connectivity index (χ4v) is 0.250. The molecular weight excluding hydrogens is 165 g/mol. The van der Waals surface area contributed by atoms with E-state index in [9.17, 15) is 4.57 Å². The lowest BCUT2D eigenvalue weighted by molar-refractivity contribution is 0.377. The van der Waals surface area contributed by atoms with Crippen molar-refractivity contribution >= 4 is 7.60 Å². The van der Waals surface area contributed by atoms with Crippen molar-refractivity contribution in [1.29, 1.82) is 0 Å². The van der Waals surface area contributed by atoms with Gasteiger partial charge in [-0.05, 0) is 20.0 Å². The monoisotopic (exact) mass is 182 g/mol. The summed E-state index contributed by atoms with van der Waals surface area (Å²) in [5, 5.41) is 3.11. The molecule has 0 spiro atoms. The van der Waals surface area contributed by atoms with Gasteiger partial charge >= 0.3 is 7.60 Å². The van der Waals surface area contributed by atoms with Crippen LogP contribution in [0, 0.1) is 6.92 Å². The second-order valence-electron chi connectivity index (χ2n) is 1.85. The SMILES string of the molecule is CCNCC.[CH2]CP(=O)(O)O. The Morgan fingerprint density at radius 2 is 1.64 bits per heavy atom. The Hall–Kier alpha value is 0.110. The largest absolute Gasteiger partial charge is 0.325 e. The first kappa shape index (κ1) is 13.7. The normalized spacial score (nSPS) is 10.3. The predicted molar refractivity (Wildman–Crippen MR) is 46.5 cm³/mol. The molecule has 0 fully saturated rings. The van der Waals surface area contributed by atoms with Gasteiger partial charge in [0.1, 0.15) is 0 Å². The molecule has 69 valence electrons. The van der Waals surface area contributed by atoms with E-state index in [1.165, 1.54) is 0 Å². The van der Waals surface area contributed by atoms with Crippen molar-refractivity contribution in [2.24, 2.45) is 0 Å². The van der Waals surface area contributed by atoms with Crippen LogP contribution in [-0.4, -0.2) is 29.0 Å². The van der Waals surface area contributed by atoms with E-state index in [0.717, 1.165) is 13.1 Å². The maximum absolute atomic E-state index is 9.63. The number of nitrogens with one attached hydrogen (secondary N) is 1. The maximum Gasteiger partial charge on any atom is 0.325 e. The van der Waals surface area contributed by atoms with Crippen molar-refractivity contribution in [3.05, 3.63) is 6.92 Å². The summed E-state index contributed by atoms with van der Waals surface area (Å²) in [6.45, 7) is 9.38. The Balaban J connectivity index is 0. The van der Waals surface area contributed by atoms with E-state index in [-0.39, 0.29) is 6.16 Å². The lowest BCUT2D eigenvalue weighted by atomic mass is 10.7. The average molecular weight is 182 g/mol. The predicted octanol–water partition coefficient (Wildman–Crippen LogP) is 0.614. The standard InChI is InChI=1S/C4H11N.C2H6O3P/c1-3-5-4-2;1-2-6(3,4)5/h5H,3-4H2,1-2H3;1-2H2,(H2,3,4,5). The molecule has 0 aliphatic rings. The molecule has 1 radical (unpaired) electrons. The molecule has 0 saturated carbocycles. The summed E-state index contributed by atoms with van der Waals surface area (Å²) in [6, 6.07) is 0. The molecule has 0 unspecified atom stereocenters. The Morgan fingerprint density at radius 3 is 1.64 bits per heavy atom. The summed E-state index contributed by atoms with van der Waals surface area (Å²) in [7, 11) is -3.76. The minimum Gasteiger partial charge on any atom is -0.324 e. The minimum atomic E-state index is -3.76. The van der Waals surface area contributed by atoms with Gasteiger partial charge in [0.2, 0.25) is 0 Å². The molecule has 0 aromatic heterocycles. The van der Waals surface area contributed by atoms with Crippen molar-refractivity contribution in [3.8, 4) is 0 Å². The molecule has 0 aliphatic carbocycles. The zero-order valence-electron chi connectivity index (χ0n) is 7.08. The fourth-order valence-electron chi connectivity index (χ4n) is 0.250. The van der Waals surface area contributed by atoms with Gasteiger partial charge in [0.25, 0.3) is 0 Å². The van der Waals surface area contributed by atoms with Crippen molar-refractivity contribution in [2.75, 3.05) is 19.3 Å². The second-order valence-corrected chi connectivity index (χ2v) is 3.62. The van der Waals surface area contributed by atoms with Crippen LogP contribution in [0.4, 0.5) is 0 Å². The van der Waals surface area contributed by atoms with Crippen LogP contribution in [0.1, 0.15) is 13.8 Å². The van der Waals surface area contributed by atoms with Gasteiger partial charge in [0, 0.05) is 6.16 Å². The van der Waals surface area contributed by atoms with Crippen molar-refractivity contribution in [3.63, 3.8) is 0 Å². The Labute approximate surface area is 68.2 Å². The molecule has 11 heavy (non-hydrogen) atoms. The number of hydrogen-bond acceptors (Lipinski definition) is 2. The van der Waals surface area contributed by atoms with Gasteiger partial charge in [-0.25, -0.2) is 0 Å². The lowest BCUT2D eigenvalue weighted by Crippen LogP contribution is -2.09. The quantitative estimate of drug-likeness (QED) is 0.559. The van der Waals surface area contributed by atoms with Crippen LogP contribution < -0.4 is 5.32 Å². The highest BCUT2D eigenvalue weighted by atomic mass is 31.2. The first-order valence-corrected chi connectivity index (χ1v) is 5.32. The molecule has 3 N–H and O–H groups in total. The molecule has 0 saturated heterocycles. The molecule has 4 nitrogen and oxygen atoms in total. The third-order valence-electron chi connectivity index (χ3n) is 0.791. The van der Waals surface area contributed by atoms with E-state index in [4.69, 9.17) is 9.79 Å². The number of hydrogen-bond donors (Lipinski definition) is 3. The van der Waals surface area contributed by atoms with Gasteiger partial charge in [-0.2, -0.15) is 0 Å². The van der Waals surface area contributed by atoms with Gasteiger partial charge in [0.05, 0.1) is 0 Å². The molecule has 0 bridgehead atoms. The zero-order valence-corrected chi connectivity index (χ0v) is 7.97. The molecule has 0 amide bonds. The Morgan fingerprint density at radius 1 is 1.36 bits per heavy atom. The van der Waals surface area contributed by atoms with E-state index >= 15 is 0 Å². The third kappa shape index (κ3) is 25.5. The Bertz CT molecular complexity index is 110. The third-order valence-corrected chi connectivity index (χ3v) is 1.37. The van der Waals surface area contributed by atoms with E-state index in [0.29, 0.717) is 0 Å². The van der Waals surface area contributed by atoms with Crippen molar-refractivity contribution < 1.29 is 14.4 Å². The maximum atomic E-state index is 9.63. The van der Waals surface area contributed by atoms with Crippen LogP contribution in [0.5, 0.6) is 0 Å². The van der Waals surface area contributed by atoms with E-state index < -0.39 is 7.60 Å². The molecule has 0 aromatic rings. The smallest absolute Gasteiger partial charge is 0.324 e. The zero-order chi connectivity index (χ0) is 9.33. The Kier molecular flexibility index (Phi) is 10.2. The highest BCUT2D eigenvalue weighted by molar-refractivity contribution is 7.51. The summed E-state index contributed by atoms with van der Waals surface area (Å²) in [4.78, 5) is 15.8. The van der Waals surface area contributed by atoms with Crippen LogP contribution in [0.15, 0.2) is 0 Å². The van der Waals surface area contributed by atoms with E-state index in [2.05, 4.69) is 26.1 Å². The van der Waals surface area contributed by atoms with Crippen LogP contribution in [-0.2, 0) is 4.57 Å². The second kappa shape index (κ2) is 8.21. The van der Waals surface area contributed by atoms with Crippen molar-refractivity contribution in [1.82, 2.24) is 5.32 Å².